The third kappa shape index (κ3) is 3.23. The molecule has 1 aromatic carbocycles. The fourth-order valence-corrected chi connectivity index (χ4v) is 1.93. The second-order valence-corrected chi connectivity index (χ2v) is 4.53. The predicted molar refractivity (Wildman–Crippen MR) is 74.7 cm³/mol. The van der Waals surface area contributed by atoms with E-state index in [4.69, 9.17) is 16.7 Å². The van der Waals surface area contributed by atoms with Gasteiger partial charge in [0.1, 0.15) is 0 Å². The molecule has 1 aromatic heterocycles. The quantitative estimate of drug-likeness (QED) is 0.895. The summed E-state index contributed by atoms with van der Waals surface area (Å²) in [5, 5.41) is 12.4. The molecule has 0 aliphatic rings. The Hall–Kier alpha value is -2.07. The van der Waals surface area contributed by atoms with E-state index < -0.39 is 5.97 Å². The Morgan fingerprint density at radius 1 is 1.37 bits per heavy atom. The van der Waals surface area contributed by atoms with Gasteiger partial charge in [0.25, 0.3) is 0 Å². The number of aromatic carboxylic acids is 1. The summed E-state index contributed by atoms with van der Waals surface area (Å²) in [5.74, 6) is -1.04. The average molecular weight is 277 g/mol. The lowest BCUT2D eigenvalue weighted by Crippen LogP contribution is -2.09. The van der Waals surface area contributed by atoms with E-state index in [1.165, 1.54) is 6.07 Å². The van der Waals surface area contributed by atoms with Crippen molar-refractivity contribution in [3.8, 4) is 0 Å². The molecule has 1 atom stereocenters. The molecule has 0 aliphatic heterocycles. The summed E-state index contributed by atoms with van der Waals surface area (Å²) < 4.78 is 0. The van der Waals surface area contributed by atoms with Gasteiger partial charge in [0.05, 0.1) is 22.3 Å². The highest BCUT2D eigenvalue weighted by molar-refractivity contribution is 6.33. The molecule has 2 N–H and O–H groups in total. The van der Waals surface area contributed by atoms with Gasteiger partial charge in [0.2, 0.25) is 0 Å². The van der Waals surface area contributed by atoms with Gasteiger partial charge in [-0.25, -0.2) is 4.79 Å². The molecule has 5 heteroatoms. The van der Waals surface area contributed by atoms with Crippen LogP contribution in [0.15, 0.2) is 42.6 Å². The largest absolute Gasteiger partial charge is 0.478 e. The molecule has 0 aliphatic carbocycles. The Bertz CT molecular complexity index is 587. The number of benzene rings is 1. The van der Waals surface area contributed by atoms with Crippen LogP contribution in [0.1, 0.15) is 29.0 Å². The van der Waals surface area contributed by atoms with Gasteiger partial charge < -0.3 is 10.4 Å². The lowest BCUT2D eigenvalue weighted by Gasteiger charge is -2.15. The number of halogens is 1. The molecule has 0 amide bonds. The molecule has 0 bridgehead atoms. The fraction of sp³-hybridized carbons (Fsp3) is 0.143. The minimum atomic E-state index is -1.04. The van der Waals surface area contributed by atoms with E-state index in [1.54, 1.807) is 18.3 Å². The molecule has 19 heavy (non-hydrogen) atoms. The molecule has 0 saturated carbocycles. The van der Waals surface area contributed by atoms with Crippen molar-refractivity contribution in [3.63, 3.8) is 0 Å². The van der Waals surface area contributed by atoms with E-state index in [9.17, 15) is 4.79 Å². The number of anilines is 1. The van der Waals surface area contributed by atoms with Crippen molar-refractivity contribution in [2.24, 2.45) is 0 Å². The van der Waals surface area contributed by atoms with Crippen molar-refractivity contribution in [1.29, 1.82) is 0 Å². The lowest BCUT2D eigenvalue weighted by atomic mass is 10.1. The number of carboxylic acid groups (broad SMARTS) is 1. The number of hydrogen-bond donors (Lipinski definition) is 2. The lowest BCUT2D eigenvalue weighted by molar-refractivity contribution is 0.0697. The topological polar surface area (TPSA) is 62.2 Å². The van der Waals surface area contributed by atoms with E-state index in [2.05, 4.69) is 10.3 Å². The van der Waals surface area contributed by atoms with Crippen LogP contribution in [0.2, 0.25) is 5.02 Å². The van der Waals surface area contributed by atoms with Crippen molar-refractivity contribution < 1.29 is 9.90 Å². The smallest absolute Gasteiger partial charge is 0.337 e. The normalized spacial score (nSPS) is 11.9. The summed E-state index contributed by atoms with van der Waals surface area (Å²) in [4.78, 5) is 15.3. The maximum atomic E-state index is 11.0. The van der Waals surface area contributed by atoms with Crippen molar-refractivity contribution in [2.45, 2.75) is 13.0 Å². The van der Waals surface area contributed by atoms with Gasteiger partial charge >= 0.3 is 5.97 Å². The summed E-state index contributed by atoms with van der Waals surface area (Å²) in [6.45, 7) is 1.96. The van der Waals surface area contributed by atoms with Gasteiger partial charge in [0, 0.05) is 11.9 Å². The third-order valence-electron chi connectivity index (χ3n) is 2.71. The van der Waals surface area contributed by atoms with Gasteiger partial charge in [-0.15, -0.1) is 0 Å². The maximum Gasteiger partial charge on any atom is 0.337 e. The highest BCUT2D eigenvalue weighted by Gasteiger charge is 2.11. The number of carbonyl (C=O) groups is 1. The zero-order valence-corrected chi connectivity index (χ0v) is 11.1. The van der Waals surface area contributed by atoms with Gasteiger partial charge in [-0.05, 0) is 37.3 Å². The minimum Gasteiger partial charge on any atom is -0.478 e. The second-order valence-electron chi connectivity index (χ2n) is 4.12. The molecular weight excluding hydrogens is 264 g/mol. The first-order valence-corrected chi connectivity index (χ1v) is 6.16. The van der Waals surface area contributed by atoms with E-state index >= 15 is 0 Å². The zero-order chi connectivity index (χ0) is 13.8. The maximum absolute atomic E-state index is 11.0. The van der Waals surface area contributed by atoms with E-state index in [1.807, 2.05) is 25.1 Å². The number of aromatic nitrogens is 1. The molecule has 0 radical (unpaired) electrons. The van der Waals surface area contributed by atoms with Crippen LogP contribution in [0.5, 0.6) is 0 Å². The van der Waals surface area contributed by atoms with E-state index in [0.29, 0.717) is 5.69 Å². The van der Waals surface area contributed by atoms with Gasteiger partial charge in [-0.1, -0.05) is 17.7 Å². The van der Waals surface area contributed by atoms with E-state index in [0.717, 1.165) is 5.69 Å². The number of hydrogen-bond acceptors (Lipinski definition) is 3. The fourth-order valence-electron chi connectivity index (χ4n) is 1.74. The summed E-state index contributed by atoms with van der Waals surface area (Å²) in [6.07, 6.45) is 1.72. The van der Waals surface area contributed by atoms with Crippen LogP contribution in [0.3, 0.4) is 0 Å². The summed E-state index contributed by atoms with van der Waals surface area (Å²) in [5.41, 5.74) is 1.66. The Balaban J connectivity index is 2.20. The standard InChI is InChI=1S/C14H13ClN2O2/c1-9(13-4-2-3-7-16-13)17-10-5-6-12(15)11(8-10)14(18)19/h2-9,17H,1H3,(H,18,19). The van der Waals surface area contributed by atoms with Crippen LogP contribution < -0.4 is 5.32 Å². The molecule has 1 heterocycles. The van der Waals surface area contributed by atoms with Crippen LogP contribution in [0.25, 0.3) is 0 Å². The van der Waals surface area contributed by atoms with Crippen molar-refractivity contribution in [2.75, 3.05) is 5.32 Å². The van der Waals surface area contributed by atoms with Crippen molar-refractivity contribution >= 4 is 23.3 Å². The number of nitrogens with one attached hydrogen (secondary N) is 1. The van der Waals surface area contributed by atoms with Gasteiger partial charge in [-0.2, -0.15) is 0 Å². The monoisotopic (exact) mass is 276 g/mol. The Morgan fingerprint density at radius 2 is 2.16 bits per heavy atom. The van der Waals surface area contributed by atoms with E-state index in [-0.39, 0.29) is 16.6 Å². The van der Waals surface area contributed by atoms with Crippen molar-refractivity contribution in [1.82, 2.24) is 4.98 Å². The molecule has 98 valence electrons. The van der Waals surface area contributed by atoms with Crippen LogP contribution >= 0.6 is 11.6 Å². The number of rotatable bonds is 4. The first-order valence-electron chi connectivity index (χ1n) is 5.78. The van der Waals surface area contributed by atoms with Crippen molar-refractivity contribution in [3.05, 3.63) is 58.9 Å². The summed E-state index contributed by atoms with van der Waals surface area (Å²) >= 11 is 5.82. The molecule has 2 aromatic rings. The highest BCUT2D eigenvalue weighted by atomic mass is 35.5. The second kappa shape index (κ2) is 5.71. The Kier molecular flexibility index (Phi) is 4.02. The number of pyridine rings is 1. The first-order chi connectivity index (χ1) is 9.08. The minimum absolute atomic E-state index is 0.0241. The predicted octanol–water partition coefficient (Wildman–Crippen LogP) is 3.61. The molecule has 0 spiro atoms. The van der Waals surface area contributed by atoms with Crippen LogP contribution in [0.4, 0.5) is 5.69 Å². The summed E-state index contributed by atoms with van der Waals surface area (Å²) in [6, 6.07) is 10.5. The molecule has 2 rings (SSSR count). The molecule has 1 unspecified atom stereocenters. The van der Waals surface area contributed by atoms with Crippen LogP contribution in [-0.2, 0) is 0 Å². The van der Waals surface area contributed by atoms with Crippen LogP contribution in [0, 0.1) is 0 Å². The summed E-state index contributed by atoms with van der Waals surface area (Å²) in [7, 11) is 0. The Morgan fingerprint density at radius 3 is 2.79 bits per heavy atom. The molecule has 0 saturated heterocycles. The average Bonchev–Trinajstić information content (AvgIpc) is 2.41. The first kappa shape index (κ1) is 13.4. The molecule has 4 nitrogen and oxygen atoms in total. The third-order valence-corrected chi connectivity index (χ3v) is 3.04. The zero-order valence-electron chi connectivity index (χ0n) is 10.3. The molecule has 0 fully saturated rings. The SMILES string of the molecule is CC(Nc1ccc(Cl)c(C(=O)O)c1)c1ccccn1. The van der Waals surface area contributed by atoms with Gasteiger partial charge in [-0.3, -0.25) is 4.98 Å². The number of nitrogens with zero attached hydrogens (tertiary/aromatic N) is 1. The van der Waals surface area contributed by atoms with Gasteiger partial charge in [0.15, 0.2) is 0 Å². The Labute approximate surface area is 116 Å². The number of carboxylic acids is 1. The molecular formula is C14H13ClN2O2. The highest BCUT2D eigenvalue weighted by Crippen LogP contribution is 2.23. The van der Waals surface area contributed by atoms with Crippen LogP contribution in [-0.4, -0.2) is 16.1 Å².